The van der Waals surface area contributed by atoms with E-state index in [0.717, 1.165) is 31.4 Å². The molecular formula is C30H44N6O6S2. The number of aromatic nitrogens is 4. The number of aliphatic hydroxyl groups is 3. The SMILES string of the molecule is CCO.CCO.CCO.Cc1cccn2c(=O)c(/C=C3\SC(=S)N(CC4CCCO4)C3=O)c(NCCCn3ccnc3)nc12. The van der Waals surface area contributed by atoms with Crippen molar-refractivity contribution in [2.45, 2.75) is 59.6 Å². The van der Waals surface area contributed by atoms with Crippen molar-refractivity contribution in [1.82, 2.24) is 23.8 Å². The molecule has 0 saturated carbocycles. The highest BCUT2D eigenvalue weighted by Gasteiger charge is 2.35. The Balaban J connectivity index is 0.000000672. The molecule has 14 heteroatoms. The average Bonchev–Trinajstić information content (AvgIpc) is 3.76. The lowest BCUT2D eigenvalue weighted by molar-refractivity contribution is -0.123. The molecule has 2 aliphatic rings. The van der Waals surface area contributed by atoms with E-state index in [9.17, 15) is 9.59 Å². The first kappa shape index (κ1) is 37.0. The summed E-state index contributed by atoms with van der Waals surface area (Å²) in [5.41, 5.74) is 1.58. The van der Waals surface area contributed by atoms with Gasteiger partial charge in [0.05, 0.1) is 29.4 Å². The predicted octanol–water partition coefficient (Wildman–Crippen LogP) is 3.08. The van der Waals surface area contributed by atoms with Crippen LogP contribution in [0.5, 0.6) is 0 Å². The average molecular weight is 649 g/mol. The van der Waals surface area contributed by atoms with E-state index in [1.54, 1.807) is 50.5 Å². The number of rotatable bonds is 8. The first-order chi connectivity index (χ1) is 21.3. The third-order valence-electron chi connectivity index (χ3n) is 6.09. The summed E-state index contributed by atoms with van der Waals surface area (Å²) in [5.74, 6) is 0.259. The largest absolute Gasteiger partial charge is 0.397 e. The zero-order valence-electron chi connectivity index (χ0n) is 25.8. The Kier molecular flexibility index (Phi) is 16.8. The molecule has 1 amide bonds. The molecule has 5 rings (SSSR count). The van der Waals surface area contributed by atoms with Crippen LogP contribution in [0.1, 0.15) is 51.2 Å². The van der Waals surface area contributed by atoms with E-state index >= 15 is 0 Å². The van der Waals surface area contributed by atoms with Crippen molar-refractivity contribution < 1.29 is 24.9 Å². The van der Waals surface area contributed by atoms with Gasteiger partial charge >= 0.3 is 0 Å². The van der Waals surface area contributed by atoms with Crippen LogP contribution >= 0.6 is 24.0 Å². The summed E-state index contributed by atoms with van der Waals surface area (Å²) >= 11 is 6.69. The van der Waals surface area contributed by atoms with Gasteiger partial charge in [-0.25, -0.2) is 9.97 Å². The van der Waals surface area contributed by atoms with Gasteiger partial charge in [-0.3, -0.25) is 18.9 Å². The van der Waals surface area contributed by atoms with E-state index in [-0.39, 0.29) is 37.4 Å². The number of ether oxygens (including phenoxy) is 1. The number of fused-ring (bicyclic) bond motifs is 1. The molecule has 4 N–H and O–H groups in total. The Bertz CT molecular complexity index is 1400. The molecule has 2 aliphatic heterocycles. The first-order valence-corrected chi connectivity index (χ1v) is 15.9. The van der Waals surface area contributed by atoms with Crippen LogP contribution in [0.3, 0.4) is 0 Å². The van der Waals surface area contributed by atoms with Crippen molar-refractivity contribution in [3.05, 3.63) is 63.4 Å². The standard InChI is InChI=1S/C24H26N6O3S2.3C2H6O/c1-16-5-2-10-29-21(16)27-20(26-7-4-9-28-11-8-25-15-28)18(22(29)31)13-19-23(32)30(24(34)35-19)14-17-6-3-12-33-17;3*1-2-3/h2,5,8,10-11,13,15,17,26H,3-4,6-7,9,12,14H2,1H3;3*3H,2H2,1H3/b19-13-;;;. The van der Waals surface area contributed by atoms with E-state index < -0.39 is 0 Å². The second-order valence-corrected chi connectivity index (χ2v) is 11.2. The van der Waals surface area contributed by atoms with Crippen molar-refractivity contribution in [2.24, 2.45) is 0 Å². The highest BCUT2D eigenvalue weighted by Crippen LogP contribution is 2.34. The Morgan fingerprint density at radius 2 is 1.86 bits per heavy atom. The maximum atomic E-state index is 13.5. The Hall–Kier alpha value is -3.14. The van der Waals surface area contributed by atoms with Crippen molar-refractivity contribution in [2.75, 3.05) is 44.8 Å². The number of anilines is 1. The zero-order chi connectivity index (χ0) is 32.5. The van der Waals surface area contributed by atoms with Crippen molar-refractivity contribution in [3.8, 4) is 0 Å². The van der Waals surface area contributed by atoms with Crippen LogP contribution in [0.15, 0.2) is 46.8 Å². The highest BCUT2D eigenvalue weighted by molar-refractivity contribution is 8.26. The van der Waals surface area contributed by atoms with Crippen LogP contribution < -0.4 is 10.9 Å². The van der Waals surface area contributed by atoms with Gasteiger partial charge in [-0.2, -0.15) is 0 Å². The third-order valence-corrected chi connectivity index (χ3v) is 7.47. The number of aryl methyl sites for hydroxylation is 2. The molecule has 3 aromatic rings. The summed E-state index contributed by atoms with van der Waals surface area (Å²) in [6, 6.07) is 3.73. The van der Waals surface area contributed by atoms with Crippen LogP contribution in [-0.4, -0.2) is 95.0 Å². The number of carbonyl (C=O) groups is 1. The number of amides is 1. The smallest absolute Gasteiger partial charge is 0.267 e. The number of hydrogen-bond donors (Lipinski definition) is 4. The van der Waals surface area contributed by atoms with Crippen LogP contribution in [0, 0.1) is 6.92 Å². The molecule has 0 aromatic carbocycles. The molecule has 3 aromatic heterocycles. The zero-order valence-corrected chi connectivity index (χ0v) is 27.4. The summed E-state index contributed by atoms with van der Waals surface area (Å²) in [5, 5.41) is 26.0. The van der Waals surface area contributed by atoms with Gasteiger partial charge in [0, 0.05) is 58.1 Å². The van der Waals surface area contributed by atoms with Gasteiger partial charge < -0.3 is 29.9 Å². The molecule has 2 saturated heterocycles. The highest BCUT2D eigenvalue weighted by atomic mass is 32.2. The number of thiocarbonyl (C=S) groups is 1. The molecule has 2 fully saturated rings. The van der Waals surface area contributed by atoms with Gasteiger partial charge in [-0.15, -0.1) is 0 Å². The molecule has 1 atom stereocenters. The van der Waals surface area contributed by atoms with Crippen LogP contribution in [0.25, 0.3) is 11.7 Å². The number of aliphatic hydroxyl groups excluding tert-OH is 3. The van der Waals surface area contributed by atoms with E-state index in [1.165, 1.54) is 16.2 Å². The van der Waals surface area contributed by atoms with Gasteiger partial charge in [0.1, 0.15) is 15.8 Å². The number of nitrogens with zero attached hydrogens (tertiary/aromatic N) is 5. The first-order valence-electron chi connectivity index (χ1n) is 14.7. The van der Waals surface area contributed by atoms with Gasteiger partial charge in [-0.1, -0.05) is 30.0 Å². The quantitative estimate of drug-likeness (QED) is 0.162. The second-order valence-electron chi connectivity index (χ2n) is 9.52. The molecule has 242 valence electrons. The molecule has 0 bridgehead atoms. The normalized spacial score (nSPS) is 16.7. The topological polar surface area (TPSA) is 154 Å². The van der Waals surface area contributed by atoms with Crippen molar-refractivity contribution >= 4 is 51.7 Å². The van der Waals surface area contributed by atoms with E-state index in [4.69, 9.17) is 37.3 Å². The molecule has 1 unspecified atom stereocenters. The number of nitrogens with one attached hydrogen (secondary N) is 1. The Labute approximate surface area is 267 Å². The molecular weight excluding hydrogens is 604 g/mol. The van der Waals surface area contributed by atoms with Gasteiger partial charge in [-0.05, 0) is 64.7 Å². The number of carbonyl (C=O) groups excluding carboxylic acids is 1. The van der Waals surface area contributed by atoms with E-state index in [1.807, 2.05) is 29.8 Å². The van der Waals surface area contributed by atoms with Crippen LogP contribution in [0.2, 0.25) is 0 Å². The monoisotopic (exact) mass is 648 g/mol. The van der Waals surface area contributed by atoms with Crippen molar-refractivity contribution in [1.29, 1.82) is 0 Å². The van der Waals surface area contributed by atoms with Gasteiger partial charge in [0.2, 0.25) is 0 Å². The summed E-state index contributed by atoms with van der Waals surface area (Å²) in [6.07, 6.45) is 11.5. The molecule has 12 nitrogen and oxygen atoms in total. The minimum absolute atomic E-state index is 0.000473. The number of hydrogen-bond acceptors (Lipinski definition) is 11. The fourth-order valence-corrected chi connectivity index (χ4v) is 5.50. The van der Waals surface area contributed by atoms with Crippen LogP contribution in [-0.2, 0) is 16.1 Å². The van der Waals surface area contributed by atoms with E-state index in [2.05, 4.69) is 10.3 Å². The predicted molar refractivity (Wildman–Crippen MR) is 179 cm³/mol. The summed E-state index contributed by atoms with van der Waals surface area (Å²) in [7, 11) is 0. The fraction of sp³-hybridized carbons (Fsp3) is 0.500. The Morgan fingerprint density at radius 3 is 2.48 bits per heavy atom. The lowest BCUT2D eigenvalue weighted by Crippen LogP contribution is -2.35. The van der Waals surface area contributed by atoms with Crippen molar-refractivity contribution in [3.63, 3.8) is 0 Å². The summed E-state index contributed by atoms with van der Waals surface area (Å²) in [4.78, 5) is 37.5. The fourth-order valence-electron chi connectivity index (χ4n) is 4.24. The van der Waals surface area contributed by atoms with Gasteiger partial charge in [0.25, 0.3) is 11.5 Å². The second kappa shape index (κ2) is 20.0. The molecule has 0 spiro atoms. The minimum atomic E-state index is -0.236. The lowest BCUT2D eigenvalue weighted by atomic mass is 10.2. The number of imidazole rings is 1. The third kappa shape index (κ3) is 10.8. The number of pyridine rings is 1. The number of thioether (sulfide) groups is 1. The summed E-state index contributed by atoms with van der Waals surface area (Å²) in [6.45, 7) is 10.3. The molecule has 0 aliphatic carbocycles. The molecule has 44 heavy (non-hydrogen) atoms. The molecule has 5 heterocycles. The maximum absolute atomic E-state index is 13.5. The van der Waals surface area contributed by atoms with Crippen LogP contribution in [0.4, 0.5) is 5.82 Å². The lowest BCUT2D eigenvalue weighted by Gasteiger charge is -2.18. The summed E-state index contributed by atoms with van der Waals surface area (Å²) < 4.78 is 9.68. The maximum Gasteiger partial charge on any atom is 0.267 e. The minimum Gasteiger partial charge on any atom is -0.397 e. The Morgan fingerprint density at radius 1 is 1.16 bits per heavy atom. The van der Waals surface area contributed by atoms with Gasteiger partial charge in [0.15, 0.2) is 0 Å². The molecule has 0 radical (unpaired) electrons. The van der Waals surface area contributed by atoms with E-state index in [0.29, 0.717) is 46.0 Å².